The number of anilines is 1. The number of hydrogen-bond donors (Lipinski definition) is 1. The van der Waals surface area contributed by atoms with Gasteiger partial charge in [0.1, 0.15) is 0 Å². The quantitative estimate of drug-likeness (QED) is 0.929. The van der Waals surface area contributed by atoms with Crippen molar-refractivity contribution in [3.63, 3.8) is 0 Å². The molecule has 2 amide bonds. The van der Waals surface area contributed by atoms with Crippen LogP contribution in [0.3, 0.4) is 0 Å². The third-order valence-electron chi connectivity index (χ3n) is 4.64. The van der Waals surface area contributed by atoms with Crippen LogP contribution < -0.4 is 10.2 Å². The van der Waals surface area contributed by atoms with Crippen molar-refractivity contribution in [2.75, 3.05) is 11.4 Å². The molecule has 2 rings (SSSR count). The number of benzene rings is 1. The van der Waals surface area contributed by atoms with Crippen LogP contribution in [0.25, 0.3) is 0 Å². The molecule has 0 bridgehead atoms. The molecule has 4 heteroatoms. The lowest BCUT2D eigenvalue weighted by Gasteiger charge is -2.26. The van der Waals surface area contributed by atoms with E-state index in [1.165, 1.54) is 5.56 Å². The third-order valence-corrected chi connectivity index (χ3v) is 4.64. The number of carbonyl (C=O) groups excluding carboxylic acids is 2. The summed E-state index contributed by atoms with van der Waals surface area (Å²) in [6, 6.07) is 5.99. The molecule has 0 spiro atoms. The highest BCUT2D eigenvalue weighted by atomic mass is 16.2. The summed E-state index contributed by atoms with van der Waals surface area (Å²) in [6.45, 7) is 10.6. The first-order chi connectivity index (χ1) is 10.2. The van der Waals surface area contributed by atoms with Crippen LogP contribution in [0.2, 0.25) is 0 Å². The van der Waals surface area contributed by atoms with E-state index in [-0.39, 0.29) is 23.3 Å². The Morgan fingerprint density at radius 1 is 1.32 bits per heavy atom. The molecule has 0 saturated carbocycles. The normalized spacial score (nSPS) is 18.7. The monoisotopic (exact) mass is 302 g/mol. The topological polar surface area (TPSA) is 49.4 Å². The van der Waals surface area contributed by atoms with E-state index >= 15 is 0 Å². The van der Waals surface area contributed by atoms with Crippen LogP contribution in [0.4, 0.5) is 5.69 Å². The summed E-state index contributed by atoms with van der Waals surface area (Å²) in [6.07, 6.45) is 1.15. The van der Waals surface area contributed by atoms with E-state index in [0.717, 1.165) is 17.7 Å². The molecule has 0 radical (unpaired) electrons. The van der Waals surface area contributed by atoms with E-state index in [4.69, 9.17) is 0 Å². The van der Waals surface area contributed by atoms with Crippen molar-refractivity contribution < 1.29 is 9.59 Å². The van der Waals surface area contributed by atoms with Crippen molar-refractivity contribution in [1.29, 1.82) is 0 Å². The number of aryl methyl sites for hydroxylation is 2. The average Bonchev–Trinajstić information content (AvgIpc) is 2.84. The first-order valence-electron chi connectivity index (χ1n) is 7.93. The zero-order valence-corrected chi connectivity index (χ0v) is 14.2. The molecule has 1 heterocycles. The Balaban J connectivity index is 2.10. The van der Waals surface area contributed by atoms with Crippen LogP contribution in [-0.2, 0) is 9.59 Å². The minimum absolute atomic E-state index is 0.0217. The van der Waals surface area contributed by atoms with Gasteiger partial charge in [-0.2, -0.15) is 0 Å². The van der Waals surface area contributed by atoms with Crippen LogP contribution in [0, 0.1) is 19.8 Å². The summed E-state index contributed by atoms with van der Waals surface area (Å²) in [7, 11) is 0. The van der Waals surface area contributed by atoms with Gasteiger partial charge in [-0.25, -0.2) is 0 Å². The maximum Gasteiger partial charge on any atom is 0.227 e. The predicted molar refractivity (Wildman–Crippen MR) is 88.9 cm³/mol. The summed E-state index contributed by atoms with van der Waals surface area (Å²) >= 11 is 0. The smallest absolute Gasteiger partial charge is 0.227 e. The summed E-state index contributed by atoms with van der Waals surface area (Å²) < 4.78 is 0. The molecule has 1 aromatic carbocycles. The Hall–Kier alpha value is -1.84. The van der Waals surface area contributed by atoms with Crippen LogP contribution in [0.15, 0.2) is 18.2 Å². The third kappa shape index (κ3) is 3.49. The van der Waals surface area contributed by atoms with Crippen LogP contribution in [0.5, 0.6) is 0 Å². The molecule has 1 aliphatic heterocycles. The average molecular weight is 302 g/mol. The van der Waals surface area contributed by atoms with Gasteiger partial charge in [0, 0.05) is 24.2 Å². The molecule has 0 aromatic heterocycles. The standard InChI is InChI=1S/C18H26N2O2/c1-6-18(4,5)19-17(22)14-10-16(21)20(11-14)15-8-7-12(2)13(3)9-15/h7-9,14H,6,10-11H2,1-5H3,(H,19,22)/t14-/m0/s1. The highest BCUT2D eigenvalue weighted by Crippen LogP contribution is 2.27. The van der Waals surface area contributed by atoms with Crippen molar-refractivity contribution in [2.24, 2.45) is 5.92 Å². The van der Waals surface area contributed by atoms with Crippen molar-refractivity contribution >= 4 is 17.5 Å². The van der Waals surface area contributed by atoms with Crippen molar-refractivity contribution in [3.8, 4) is 0 Å². The van der Waals surface area contributed by atoms with E-state index in [1.54, 1.807) is 4.90 Å². The molecule has 0 aliphatic carbocycles. The second-order valence-electron chi connectivity index (χ2n) is 6.90. The van der Waals surface area contributed by atoms with Gasteiger partial charge in [0.2, 0.25) is 11.8 Å². The fourth-order valence-corrected chi connectivity index (χ4v) is 2.55. The van der Waals surface area contributed by atoms with E-state index in [1.807, 2.05) is 52.8 Å². The molecule has 4 nitrogen and oxygen atoms in total. The summed E-state index contributed by atoms with van der Waals surface area (Å²) in [5, 5.41) is 3.04. The Bertz CT molecular complexity index is 593. The number of hydrogen-bond acceptors (Lipinski definition) is 2. The molecule has 1 atom stereocenters. The lowest BCUT2D eigenvalue weighted by Crippen LogP contribution is -2.46. The number of nitrogens with zero attached hydrogens (tertiary/aromatic N) is 1. The van der Waals surface area contributed by atoms with Crippen molar-refractivity contribution in [2.45, 2.75) is 53.0 Å². The summed E-state index contributed by atoms with van der Waals surface area (Å²) in [5.41, 5.74) is 3.02. The Morgan fingerprint density at radius 2 is 2.00 bits per heavy atom. The Kier molecular flexibility index (Phi) is 4.59. The lowest BCUT2D eigenvalue weighted by atomic mass is 9.99. The van der Waals surface area contributed by atoms with Gasteiger partial charge in [-0.05, 0) is 57.4 Å². The van der Waals surface area contributed by atoms with Crippen molar-refractivity contribution in [3.05, 3.63) is 29.3 Å². The fourth-order valence-electron chi connectivity index (χ4n) is 2.55. The highest BCUT2D eigenvalue weighted by Gasteiger charge is 2.36. The van der Waals surface area contributed by atoms with Gasteiger partial charge >= 0.3 is 0 Å². The van der Waals surface area contributed by atoms with E-state index < -0.39 is 0 Å². The maximum absolute atomic E-state index is 12.4. The minimum atomic E-state index is -0.264. The van der Waals surface area contributed by atoms with Crippen LogP contribution >= 0.6 is 0 Å². The Labute approximate surface area is 132 Å². The van der Waals surface area contributed by atoms with Gasteiger partial charge in [-0.15, -0.1) is 0 Å². The van der Waals surface area contributed by atoms with E-state index in [2.05, 4.69) is 5.32 Å². The summed E-state index contributed by atoms with van der Waals surface area (Å²) in [5.74, 6) is -0.260. The van der Waals surface area contributed by atoms with Gasteiger partial charge < -0.3 is 10.2 Å². The van der Waals surface area contributed by atoms with E-state index in [0.29, 0.717) is 13.0 Å². The number of carbonyl (C=O) groups is 2. The van der Waals surface area contributed by atoms with Gasteiger partial charge in [0.15, 0.2) is 0 Å². The molecular weight excluding hydrogens is 276 g/mol. The minimum Gasteiger partial charge on any atom is -0.351 e. The van der Waals surface area contributed by atoms with Gasteiger partial charge in [0.25, 0.3) is 0 Å². The molecule has 1 saturated heterocycles. The van der Waals surface area contributed by atoms with Gasteiger partial charge in [-0.1, -0.05) is 13.0 Å². The zero-order chi connectivity index (χ0) is 16.5. The number of amides is 2. The van der Waals surface area contributed by atoms with Gasteiger partial charge in [0.05, 0.1) is 5.92 Å². The first-order valence-corrected chi connectivity index (χ1v) is 7.93. The second kappa shape index (κ2) is 6.11. The fraction of sp³-hybridized carbons (Fsp3) is 0.556. The Morgan fingerprint density at radius 3 is 2.59 bits per heavy atom. The molecule has 1 N–H and O–H groups in total. The number of rotatable bonds is 4. The highest BCUT2D eigenvalue weighted by molar-refractivity contribution is 6.00. The summed E-state index contributed by atoms with van der Waals surface area (Å²) in [4.78, 5) is 26.4. The number of nitrogens with one attached hydrogen (secondary N) is 1. The van der Waals surface area contributed by atoms with Crippen LogP contribution in [0.1, 0.15) is 44.7 Å². The SMILES string of the molecule is CCC(C)(C)NC(=O)[C@H]1CC(=O)N(c2ccc(C)c(C)c2)C1. The second-order valence-corrected chi connectivity index (χ2v) is 6.90. The van der Waals surface area contributed by atoms with Crippen LogP contribution in [-0.4, -0.2) is 23.9 Å². The molecule has 0 unspecified atom stereocenters. The maximum atomic E-state index is 12.4. The molecule has 1 fully saturated rings. The van der Waals surface area contributed by atoms with Crippen molar-refractivity contribution in [1.82, 2.24) is 5.32 Å². The molecule has 22 heavy (non-hydrogen) atoms. The largest absolute Gasteiger partial charge is 0.351 e. The lowest BCUT2D eigenvalue weighted by molar-refractivity contribution is -0.127. The van der Waals surface area contributed by atoms with E-state index in [9.17, 15) is 9.59 Å². The van der Waals surface area contributed by atoms with Gasteiger partial charge in [-0.3, -0.25) is 9.59 Å². The predicted octanol–water partition coefficient (Wildman–Crippen LogP) is 2.96. The zero-order valence-electron chi connectivity index (χ0n) is 14.2. The molecule has 1 aromatic rings. The molecule has 120 valence electrons. The molecule has 1 aliphatic rings. The first kappa shape index (κ1) is 16.5. The molecular formula is C18H26N2O2.